The predicted octanol–water partition coefficient (Wildman–Crippen LogP) is 2.35. The summed E-state index contributed by atoms with van der Waals surface area (Å²) in [6.07, 6.45) is 3.65. The molecule has 5 rings (SSSR count). The Kier molecular flexibility index (Phi) is 5.98. The van der Waals surface area contributed by atoms with Crippen LogP contribution in [0.5, 0.6) is 0 Å². The van der Waals surface area contributed by atoms with Crippen LogP contribution < -0.4 is 4.90 Å². The second kappa shape index (κ2) is 8.80. The van der Waals surface area contributed by atoms with Crippen LogP contribution >= 0.6 is 0 Å². The van der Waals surface area contributed by atoms with E-state index < -0.39 is 37.7 Å². The first kappa shape index (κ1) is 25.1. The minimum atomic E-state index is -5.58. The SMILES string of the molecule is O=C(c1cnccc1CN1C(=O)N(c2ccc(S(=O)(=O)C(F)(F)F)cc2)C(=O)C12CC2)N1CCOCC1. The molecule has 1 aliphatic carbocycles. The van der Waals surface area contributed by atoms with Gasteiger partial charge in [-0.1, -0.05) is 0 Å². The van der Waals surface area contributed by atoms with Crippen molar-refractivity contribution in [1.29, 1.82) is 0 Å². The van der Waals surface area contributed by atoms with Crippen LogP contribution in [0.25, 0.3) is 0 Å². The highest BCUT2D eigenvalue weighted by molar-refractivity contribution is 7.92. The van der Waals surface area contributed by atoms with Crippen molar-refractivity contribution in [3.63, 3.8) is 0 Å². The average Bonchev–Trinajstić information content (AvgIpc) is 3.66. The minimum absolute atomic E-state index is 0.0516. The Bertz CT molecular complexity index is 1370. The highest BCUT2D eigenvalue weighted by Gasteiger charge is 2.65. The lowest BCUT2D eigenvalue weighted by Gasteiger charge is -2.28. The number of aromatic nitrogens is 1. The summed E-state index contributed by atoms with van der Waals surface area (Å²) in [7, 11) is -5.58. The third-order valence-corrected chi connectivity index (χ3v) is 8.24. The fourth-order valence-corrected chi connectivity index (χ4v) is 5.29. The molecule has 1 spiro atoms. The highest BCUT2D eigenvalue weighted by Crippen LogP contribution is 2.50. The van der Waals surface area contributed by atoms with Crippen molar-refractivity contribution in [3.8, 4) is 0 Å². The summed E-state index contributed by atoms with van der Waals surface area (Å²) >= 11 is 0. The number of urea groups is 1. The first-order chi connectivity index (χ1) is 17.5. The van der Waals surface area contributed by atoms with Crippen LogP contribution in [0, 0.1) is 0 Å². The standard InChI is InChI=1S/C23H21F3N4O6S/c24-23(25,26)37(34,35)17-3-1-16(2-4-17)30-20(32)22(6-7-22)29(21(30)33)14-15-5-8-27-13-18(15)19(31)28-9-11-36-12-10-28/h1-5,8,13H,6-7,9-12,14H2. The Morgan fingerprint density at radius 2 is 1.70 bits per heavy atom. The quantitative estimate of drug-likeness (QED) is 0.537. The van der Waals surface area contributed by atoms with E-state index in [1.54, 1.807) is 11.0 Å². The Hall–Kier alpha value is -3.52. The van der Waals surface area contributed by atoms with E-state index >= 15 is 0 Å². The van der Waals surface area contributed by atoms with Gasteiger partial charge in [-0.2, -0.15) is 13.2 Å². The van der Waals surface area contributed by atoms with Gasteiger partial charge >= 0.3 is 11.5 Å². The second-order valence-electron chi connectivity index (χ2n) is 8.92. The smallest absolute Gasteiger partial charge is 0.378 e. The monoisotopic (exact) mass is 538 g/mol. The van der Waals surface area contributed by atoms with E-state index in [1.807, 2.05) is 0 Å². The number of alkyl halides is 3. The number of halogens is 3. The zero-order valence-electron chi connectivity index (χ0n) is 19.3. The third-order valence-electron chi connectivity index (χ3n) is 6.74. The van der Waals surface area contributed by atoms with Gasteiger partial charge in [-0.05, 0) is 48.7 Å². The van der Waals surface area contributed by atoms with E-state index in [0.29, 0.717) is 62.4 Å². The van der Waals surface area contributed by atoms with Crippen LogP contribution in [-0.4, -0.2) is 78.4 Å². The van der Waals surface area contributed by atoms with Gasteiger partial charge in [0.2, 0.25) is 0 Å². The van der Waals surface area contributed by atoms with E-state index in [1.165, 1.54) is 17.3 Å². The summed E-state index contributed by atoms with van der Waals surface area (Å²) < 4.78 is 67.2. The Balaban J connectivity index is 1.42. The molecule has 2 aromatic rings. The number of imide groups is 1. The van der Waals surface area contributed by atoms with Gasteiger partial charge in [-0.25, -0.2) is 18.1 Å². The van der Waals surface area contributed by atoms with Gasteiger partial charge in [-0.15, -0.1) is 0 Å². The summed E-state index contributed by atoms with van der Waals surface area (Å²) in [6, 6.07) is 4.30. The molecule has 10 nitrogen and oxygen atoms in total. The van der Waals surface area contributed by atoms with Crippen molar-refractivity contribution < 1.29 is 40.7 Å². The van der Waals surface area contributed by atoms with Gasteiger partial charge in [0.1, 0.15) is 5.54 Å². The number of hydrogen-bond donors (Lipinski definition) is 0. The normalized spacial score (nSPS) is 19.6. The topological polar surface area (TPSA) is 117 Å². The van der Waals surface area contributed by atoms with Crippen molar-refractivity contribution >= 4 is 33.4 Å². The number of anilines is 1. The second-order valence-corrected chi connectivity index (χ2v) is 10.9. The molecular formula is C23H21F3N4O6S. The maximum atomic E-state index is 13.4. The van der Waals surface area contributed by atoms with Crippen molar-refractivity contribution in [2.24, 2.45) is 0 Å². The molecule has 3 fully saturated rings. The summed E-state index contributed by atoms with van der Waals surface area (Å²) in [4.78, 5) is 46.6. The number of carbonyl (C=O) groups is 3. The number of carbonyl (C=O) groups excluding carboxylic acids is 3. The van der Waals surface area contributed by atoms with Crippen LogP contribution in [-0.2, 0) is 25.9 Å². The Morgan fingerprint density at radius 1 is 1.05 bits per heavy atom. The number of morpholine rings is 1. The van der Waals surface area contributed by atoms with E-state index in [-0.39, 0.29) is 18.1 Å². The maximum absolute atomic E-state index is 13.4. The number of amides is 4. The molecule has 0 atom stereocenters. The molecule has 1 aromatic carbocycles. The summed E-state index contributed by atoms with van der Waals surface area (Å²) in [5.41, 5.74) is -5.88. The predicted molar refractivity (Wildman–Crippen MR) is 121 cm³/mol. The number of benzene rings is 1. The van der Waals surface area contributed by atoms with E-state index in [0.717, 1.165) is 17.0 Å². The van der Waals surface area contributed by atoms with Crippen LogP contribution in [0.15, 0.2) is 47.6 Å². The van der Waals surface area contributed by atoms with Crippen LogP contribution in [0.3, 0.4) is 0 Å². The molecule has 0 radical (unpaired) electrons. The molecule has 196 valence electrons. The molecule has 0 N–H and O–H groups in total. The zero-order valence-corrected chi connectivity index (χ0v) is 20.1. The van der Waals surface area contributed by atoms with Gasteiger partial charge in [0.15, 0.2) is 0 Å². The highest BCUT2D eigenvalue weighted by atomic mass is 32.2. The van der Waals surface area contributed by atoms with Gasteiger partial charge in [0.25, 0.3) is 21.7 Å². The number of pyridine rings is 1. The van der Waals surface area contributed by atoms with Crippen LogP contribution in [0.1, 0.15) is 28.8 Å². The minimum Gasteiger partial charge on any atom is -0.378 e. The number of ether oxygens (including phenoxy) is 1. The molecule has 4 amide bonds. The number of nitrogens with zero attached hydrogens (tertiary/aromatic N) is 4. The van der Waals surface area contributed by atoms with Crippen molar-refractivity contribution in [3.05, 3.63) is 53.9 Å². The molecule has 0 unspecified atom stereocenters. The fraction of sp³-hybridized carbons (Fsp3) is 0.391. The molecule has 0 bridgehead atoms. The molecule has 37 heavy (non-hydrogen) atoms. The first-order valence-electron chi connectivity index (χ1n) is 11.3. The number of rotatable bonds is 5. The lowest BCUT2D eigenvalue weighted by molar-refractivity contribution is -0.120. The zero-order chi connectivity index (χ0) is 26.6. The van der Waals surface area contributed by atoms with Gasteiger partial charge in [-0.3, -0.25) is 14.6 Å². The van der Waals surface area contributed by atoms with Gasteiger partial charge in [0.05, 0.1) is 29.4 Å². The van der Waals surface area contributed by atoms with Crippen LogP contribution in [0.2, 0.25) is 0 Å². The molecule has 1 saturated carbocycles. The van der Waals surface area contributed by atoms with Gasteiger partial charge < -0.3 is 14.5 Å². The molecule has 3 aliphatic rings. The number of sulfone groups is 1. The summed E-state index contributed by atoms with van der Waals surface area (Å²) in [5, 5.41) is 0. The largest absolute Gasteiger partial charge is 0.501 e. The van der Waals surface area contributed by atoms with E-state index in [4.69, 9.17) is 4.74 Å². The first-order valence-corrected chi connectivity index (χ1v) is 12.8. The molecular weight excluding hydrogens is 517 g/mol. The Labute approximate surface area is 209 Å². The van der Waals surface area contributed by atoms with Crippen molar-refractivity contribution in [2.45, 2.75) is 35.3 Å². The lowest BCUT2D eigenvalue weighted by atomic mass is 10.1. The average molecular weight is 539 g/mol. The molecule has 1 aromatic heterocycles. The summed E-state index contributed by atoms with van der Waals surface area (Å²) in [5.74, 6) is -0.827. The van der Waals surface area contributed by atoms with Gasteiger partial charge in [0, 0.05) is 32.0 Å². The Morgan fingerprint density at radius 3 is 2.30 bits per heavy atom. The number of hydrogen-bond acceptors (Lipinski definition) is 7. The molecule has 2 saturated heterocycles. The summed E-state index contributed by atoms with van der Waals surface area (Å²) in [6.45, 7) is 1.57. The van der Waals surface area contributed by atoms with Crippen molar-refractivity contribution in [1.82, 2.24) is 14.8 Å². The van der Waals surface area contributed by atoms with E-state index in [9.17, 15) is 36.0 Å². The van der Waals surface area contributed by atoms with Crippen molar-refractivity contribution in [2.75, 3.05) is 31.2 Å². The van der Waals surface area contributed by atoms with Crippen LogP contribution in [0.4, 0.5) is 23.7 Å². The molecule has 2 aliphatic heterocycles. The lowest BCUT2D eigenvalue weighted by Crippen LogP contribution is -2.42. The molecule has 3 heterocycles. The maximum Gasteiger partial charge on any atom is 0.501 e. The molecule has 14 heteroatoms. The third kappa shape index (κ3) is 4.13. The van der Waals surface area contributed by atoms with E-state index in [2.05, 4.69) is 4.98 Å². The fourth-order valence-electron chi connectivity index (χ4n) is 4.53.